The van der Waals surface area contributed by atoms with E-state index in [1.54, 1.807) is 12.2 Å². The summed E-state index contributed by atoms with van der Waals surface area (Å²) < 4.78 is 0. The smallest absolute Gasteiger partial charge is 0.181 e. The third-order valence-electron chi connectivity index (χ3n) is 4.92. The van der Waals surface area contributed by atoms with Crippen LogP contribution in [0.4, 0.5) is 5.69 Å². The van der Waals surface area contributed by atoms with E-state index in [1.165, 1.54) is 6.08 Å². The van der Waals surface area contributed by atoms with Gasteiger partial charge in [0.2, 0.25) is 0 Å². The predicted octanol–water partition coefficient (Wildman–Crippen LogP) is 5.01. The molecule has 1 heterocycles. The van der Waals surface area contributed by atoms with E-state index in [0.717, 1.165) is 11.1 Å². The molecular weight excluding hydrogens is 354 g/mol. The van der Waals surface area contributed by atoms with Gasteiger partial charge in [-0.1, -0.05) is 35.5 Å². The third kappa shape index (κ3) is 3.40. The number of fused-ring (bicyclic) bond motifs is 2. The van der Waals surface area contributed by atoms with Crippen molar-refractivity contribution in [1.82, 2.24) is 0 Å². The molecule has 1 aromatic carbocycles. The molecule has 0 radical (unpaired) electrons. The summed E-state index contributed by atoms with van der Waals surface area (Å²) in [6, 6.07) is 0. The number of phenols is 2. The number of hydrogen-bond acceptors (Lipinski definition) is 5. The molecule has 5 heteroatoms. The van der Waals surface area contributed by atoms with Gasteiger partial charge in [0.25, 0.3) is 0 Å². The van der Waals surface area contributed by atoms with Crippen LogP contribution in [0.2, 0.25) is 0 Å². The van der Waals surface area contributed by atoms with Crippen molar-refractivity contribution in [3.63, 3.8) is 0 Å². The fraction of sp³-hybridized carbons (Fsp3) is 0.304. The summed E-state index contributed by atoms with van der Waals surface area (Å²) in [7, 11) is 0. The molecule has 1 unspecified atom stereocenters. The number of rotatable bonds is 4. The average molecular weight is 379 g/mol. The number of ketones is 1. The summed E-state index contributed by atoms with van der Waals surface area (Å²) in [5.74, 6) is -1.43. The van der Waals surface area contributed by atoms with E-state index in [0.29, 0.717) is 24.0 Å². The van der Waals surface area contributed by atoms with Crippen LogP contribution in [-0.4, -0.2) is 26.8 Å². The molecule has 1 aromatic rings. The molecule has 28 heavy (non-hydrogen) atoms. The van der Waals surface area contributed by atoms with Crippen LogP contribution in [0, 0.1) is 5.92 Å². The van der Waals surface area contributed by atoms with E-state index in [2.05, 4.69) is 4.99 Å². The monoisotopic (exact) mass is 379 g/mol. The maximum atomic E-state index is 13.2. The van der Waals surface area contributed by atoms with Gasteiger partial charge in [0.05, 0.1) is 22.9 Å². The zero-order valence-electron chi connectivity index (χ0n) is 16.6. The minimum atomic E-state index is -0.736. The molecule has 0 saturated heterocycles. The predicted molar refractivity (Wildman–Crippen MR) is 111 cm³/mol. The number of allylic oxidation sites excluding steroid dienone is 8. The Morgan fingerprint density at radius 1 is 1.00 bits per heavy atom. The topological polar surface area (TPSA) is 90.1 Å². The van der Waals surface area contributed by atoms with E-state index in [9.17, 15) is 20.1 Å². The first-order valence-corrected chi connectivity index (χ1v) is 9.29. The van der Waals surface area contributed by atoms with E-state index in [1.807, 2.05) is 39.8 Å². The highest BCUT2D eigenvalue weighted by Gasteiger charge is 2.38. The van der Waals surface area contributed by atoms with Gasteiger partial charge in [-0.2, -0.15) is 0 Å². The normalized spacial score (nSPS) is 17.3. The summed E-state index contributed by atoms with van der Waals surface area (Å²) in [5.41, 5.74) is 3.49. The van der Waals surface area contributed by atoms with Crippen molar-refractivity contribution in [2.75, 3.05) is 0 Å². The first kappa shape index (κ1) is 19.7. The molecular formula is C23H25NO4. The summed E-state index contributed by atoms with van der Waals surface area (Å²) in [4.78, 5) is 17.7. The number of aromatic hydroxyl groups is 2. The Bertz CT molecular complexity index is 998. The lowest BCUT2D eigenvalue weighted by molar-refractivity contribution is 0.0967. The second-order valence-corrected chi connectivity index (χ2v) is 7.62. The van der Waals surface area contributed by atoms with E-state index >= 15 is 0 Å². The molecule has 1 atom stereocenters. The molecule has 0 spiro atoms. The molecule has 1 aliphatic heterocycles. The summed E-state index contributed by atoms with van der Waals surface area (Å²) >= 11 is 0. The van der Waals surface area contributed by atoms with Crippen LogP contribution in [0.25, 0.3) is 0 Å². The number of carbonyl (C=O) groups excluding carboxylic acids is 1. The molecule has 0 aromatic heterocycles. The van der Waals surface area contributed by atoms with Gasteiger partial charge in [0.15, 0.2) is 5.78 Å². The lowest BCUT2D eigenvalue weighted by atomic mass is 9.82. The number of phenolic OH excluding ortho intramolecular Hbond substituents is 2. The van der Waals surface area contributed by atoms with Gasteiger partial charge in [-0.25, -0.2) is 4.99 Å². The summed E-state index contributed by atoms with van der Waals surface area (Å²) in [6.45, 7) is 7.75. The van der Waals surface area contributed by atoms with Crippen LogP contribution in [0.3, 0.4) is 0 Å². The number of hydrogen-bond donors (Lipinski definition) is 3. The van der Waals surface area contributed by atoms with Gasteiger partial charge in [-0.05, 0) is 46.6 Å². The van der Waals surface area contributed by atoms with Crippen molar-refractivity contribution >= 4 is 17.2 Å². The van der Waals surface area contributed by atoms with Crippen LogP contribution in [0.5, 0.6) is 11.5 Å². The van der Waals surface area contributed by atoms with E-state index < -0.39 is 5.92 Å². The Kier molecular flexibility index (Phi) is 5.27. The Hall–Kier alpha value is -3.08. The zero-order valence-corrected chi connectivity index (χ0v) is 16.6. The van der Waals surface area contributed by atoms with Crippen molar-refractivity contribution in [3.8, 4) is 11.5 Å². The highest BCUT2D eigenvalue weighted by molar-refractivity contribution is 6.25. The van der Waals surface area contributed by atoms with Crippen LogP contribution in [0.15, 0.2) is 52.3 Å². The van der Waals surface area contributed by atoms with Gasteiger partial charge in [0, 0.05) is 11.1 Å². The number of benzene rings is 1. The van der Waals surface area contributed by atoms with Crippen molar-refractivity contribution in [2.45, 2.75) is 40.5 Å². The van der Waals surface area contributed by atoms with Gasteiger partial charge in [-0.15, -0.1) is 0 Å². The molecule has 5 nitrogen and oxygen atoms in total. The molecule has 2 aliphatic rings. The number of aliphatic imine (C=N–C) groups is 1. The van der Waals surface area contributed by atoms with Gasteiger partial charge < -0.3 is 15.3 Å². The molecule has 0 amide bonds. The lowest BCUT2D eigenvalue weighted by Gasteiger charge is -2.26. The SMILES string of the molecule is CC(C)=CCc1c(O)c(CC=C(C)C)c2c(c1O)C(=O)C1C=CC=C(O)C1=N2. The van der Waals surface area contributed by atoms with Crippen molar-refractivity contribution in [2.24, 2.45) is 10.9 Å². The highest BCUT2D eigenvalue weighted by Crippen LogP contribution is 2.47. The minimum absolute atomic E-state index is 0.0586. The Morgan fingerprint density at radius 2 is 1.61 bits per heavy atom. The largest absolute Gasteiger partial charge is 0.507 e. The second kappa shape index (κ2) is 7.50. The average Bonchev–Trinajstić information content (AvgIpc) is 2.61. The minimum Gasteiger partial charge on any atom is -0.507 e. The van der Waals surface area contributed by atoms with Gasteiger partial charge in [-0.3, -0.25) is 4.79 Å². The third-order valence-corrected chi connectivity index (χ3v) is 4.92. The molecule has 0 fully saturated rings. The number of nitrogens with zero attached hydrogens (tertiary/aromatic N) is 1. The highest BCUT2D eigenvalue weighted by atomic mass is 16.3. The second-order valence-electron chi connectivity index (χ2n) is 7.62. The quantitative estimate of drug-likeness (QED) is 0.641. The summed E-state index contributed by atoms with van der Waals surface area (Å²) in [6.07, 6.45) is 9.24. The first-order chi connectivity index (χ1) is 13.2. The maximum absolute atomic E-state index is 13.2. The lowest BCUT2D eigenvalue weighted by Crippen LogP contribution is -2.29. The number of Topliss-reactive ketones (excluding diaryl/α,β-unsaturated/α-hetero) is 1. The van der Waals surface area contributed by atoms with Gasteiger partial charge in [0.1, 0.15) is 17.3 Å². The van der Waals surface area contributed by atoms with Crippen molar-refractivity contribution in [1.29, 1.82) is 0 Å². The Morgan fingerprint density at radius 3 is 2.21 bits per heavy atom. The number of carbonyl (C=O) groups is 1. The molecule has 0 bridgehead atoms. The first-order valence-electron chi connectivity index (χ1n) is 9.29. The van der Waals surface area contributed by atoms with Crippen LogP contribution in [0.1, 0.15) is 49.2 Å². The Labute approximate surface area is 164 Å². The zero-order chi connectivity index (χ0) is 20.6. The molecule has 146 valence electrons. The standard InChI is InChI=1S/C23H25NO4/c1-12(2)8-10-15-20-18(23(28)16(21(15)26)11-9-13(3)4)22(27)14-6-5-7-17(25)19(14)24-20/h5-9,14,25-26,28H,10-11H2,1-4H3. The van der Waals surface area contributed by atoms with Gasteiger partial charge >= 0.3 is 0 Å². The fourth-order valence-electron chi connectivity index (χ4n) is 3.38. The molecule has 1 aliphatic carbocycles. The summed E-state index contributed by atoms with van der Waals surface area (Å²) in [5, 5.41) is 31.9. The van der Waals surface area contributed by atoms with Crippen LogP contribution in [-0.2, 0) is 12.8 Å². The molecule has 3 N–H and O–H groups in total. The van der Waals surface area contributed by atoms with Crippen molar-refractivity contribution < 1.29 is 20.1 Å². The fourth-order valence-corrected chi connectivity index (χ4v) is 3.38. The van der Waals surface area contributed by atoms with Crippen molar-refractivity contribution in [3.05, 3.63) is 64.0 Å². The molecule has 3 rings (SSSR count). The Balaban J connectivity index is 2.31. The maximum Gasteiger partial charge on any atom is 0.181 e. The van der Waals surface area contributed by atoms with E-state index in [4.69, 9.17) is 0 Å². The van der Waals surface area contributed by atoms with Crippen LogP contribution >= 0.6 is 0 Å². The van der Waals surface area contributed by atoms with E-state index in [-0.39, 0.29) is 40.0 Å². The van der Waals surface area contributed by atoms with Crippen LogP contribution < -0.4 is 0 Å². The number of aliphatic hydroxyl groups excluding tert-OH is 1. The molecule has 0 saturated carbocycles. The number of aliphatic hydroxyl groups is 1.